The SMILES string of the molecule is NNC(Cc1c(F)cccc1Cl)=NC1CCCC1. The maximum atomic E-state index is 13.7. The van der Waals surface area contributed by atoms with Crippen molar-refractivity contribution in [3.8, 4) is 0 Å². The maximum absolute atomic E-state index is 13.7. The van der Waals surface area contributed by atoms with Crippen LogP contribution in [0.15, 0.2) is 23.2 Å². The maximum Gasteiger partial charge on any atom is 0.128 e. The first-order valence-electron chi connectivity index (χ1n) is 6.17. The van der Waals surface area contributed by atoms with Gasteiger partial charge >= 0.3 is 0 Å². The molecule has 3 nitrogen and oxygen atoms in total. The van der Waals surface area contributed by atoms with Crippen LogP contribution >= 0.6 is 11.6 Å². The summed E-state index contributed by atoms with van der Waals surface area (Å²) in [5, 5.41) is 0.407. The minimum absolute atomic E-state index is 0.304. The summed E-state index contributed by atoms with van der Waals surface area (Å²) in [5.41, 5.74) is 3.00. The Morgan fingerprint density at radius 1 is 1.44 bits per heavy atom. The van der Waals surface area contributed by atoms with E-state index in [-0.39, 0.29) is 5.82 Å². The van der Waals surface area contributed by atoms with Gasteiger partial charge in [0.1, 0.15) is 11.7 Å². The number of aliphatic imine (C=N–C) groups is 1. The molecule has 0 bridgehead atoms. The Labute approximate surface area is 111 Å². The topological polar surface area (TPSA) is 50.4 Å². The molecular formula is C13H17ClFN3. The monoisotopic (exact) mass is 269 g/mol. The molecule has 0 unspecified atom stereocenters. The Hall–Kier alpha value is -1.13. The Bertz CT molecular complexity index is 422. The van der Waals surface area contributed by atoms with Crippen molar-refractivity contribution in [1.82, 2.24) is 5.43 Å². The Kier molecular flexibility index (Phi) is 4.55. The van der Waals surface area contributed by atoms with Crippen LogP contribution in [0.2, 0.25) is 5.02 Å². The molecule has 1 aliphatic rings. The molecule has 1 aromatic rings. The van der Waals surface area contributed by atoms with Crippen molar-refractivity contribution < 1.29 is 4.39 Å². The summed E-state index contributed by atoms with van der Waals surface area (Å²) < 4.78 is 13.7. The van der Waals surface area contributed by atoms with Gasteiger partial charge in [-0.25, -0.2) is 10.2 Å². The number of benzene rings is 1. The van der Waals surface area contributed by atoms with E-state index >= 15 is 0 Å². The number of halogens is 2. The van der Waals surface area contributed by atoms with Crippen LogP contribution < -0.4 is 11.3 Å². The van der Waals surface area contributed by atoms with Crippen molar-refractivity contribution in [2.75, 3.05) is 0 Å². The molecule has 0 heterocycles. The quantitative estimate of drug-likeness (QED) is 0.384. The predicted octanol–water partition coefficient (Wildman–Crippen LogP) is 2.83. The molecular weight excluding hydrogens is 253 g/mol. The fraction of sp³-hybridized carbons (Fsp3) is 0.462. The summed E-state index contributed by atoms with van der Waals surface area (Å²) in [5.74, 6) is 5.72. The highest BCUT2D eigenvalue weighted by Gasteiger charge is 2.16. The van der Waals surface area contributed by atoms with Crippen LogP contribution in [-0.4, -0.2) is 11.9 Å². The van der Waals surface area contributed by atoms with E-state index in [0.717, 1.165) is 12.8 Å². The third kappa shape index (κ3) is 3.21. The summed E-state index contributed by atoms with van der Waals surface area (Å²) in [4.78, 5) is 4.53. The van der Waals surface area contributed by atoms with Gasteiger partial charge in [-0.3, -0.25) is 4.99 Å². The fourth-order valence-electron chi connectivity index (χ4n) is 2.26. The number of amidine groups is 1. The van der Waals surface area contributed by atoms with Crippen molar-refractivity contribution in [2.45, 2.75) is 38.1 Å². The van der Waals surface area contributed by atoms with Gasteiger partial charge in [0.25, 0.3) is 0 Å². The highest BCUT2D eigenvalue weighted by atomic mass is 35.5. The van der Waals surface area contributed by atoms with Crippen molar-refractivity contribution >= 4 is 17.4 Å². The molecule has 1 aromatic carbocycles. The van der Waals surface area contributed by atoms with Crippen molar-refractivity contribution in [2.24, 2.45) is 10.8 Å². The van der Waals surface area contributed by atoms with E-state index in [4.69, 9.17) is 17.4 Å². The van der Waals surface area contributed by atoms with E-state index in [9.17, 15) is 4.39 Å². The van der Waals surface area contributed by atoms with Gasteiger partial charge in [-0.05, 0) is 25.0 Å². The lowest BCUT2D eigenvalue weighted by Crippen LogP contribution is -2.33. The zero-order valence-corrected chi connectivity index (χ0v) is 10.9. The second-order valence-electron chi connectivity index (χ2n) is 4.54. The van der Waals surface area contributed by atoms with Crippen molar-refractivity contribution in [3.63, 3.8) is 0 Å². The molecule has 0 amide bonds. The zero-order chi connectivity index (χ0) is 13.0. The second-order valence-corrected chi connectivity index (χ2v) is 4.94. The number of nitrogens with two attached hydrogens (primary N) is 1. The van der Waals surface area contributed by atoms with Gasteiger partial charge in [0.15, 0.2) is 0 Å². The molecule has 5 heteroatoms. The van der Waals surface area contributed by atoms with Crippen LogP contribution in [-0.2, 0) is 6.42 Å². The summed E-state index contributed by atoms with van der Waals surface area (Å²) in [6.45, 7) is 0. The highest BCUT2D eigenvalue weighted by Crippen LogP contribution is 2.23. The van der Waals surface area contributed by atoms with Crippen LogP contribution in [0, 0.1) is 5.82 Å². The average molecular weight is 270 g/mol. The van der Waals surface area contributed by atoms with Crippen molar-refractivity contribution in [1.29, 1.82) is 0 Å². The molecule has 0 aromatic heterocycles. The summed E-state index contributed by atoms with van der Waals surface area (Å²) >= 11 is 5.98. The molecule has 1 fully saturated rings. The predicted molar refractivity (Wildman–Crippen MR) is 72.1 cm³/mol. The van der Waals surface area contributed by atoms with Crippen LogP contribution in [0.25, 0.3) is 0 Å². The summed E-state index contributed by atoms with van der Waals surface area (Å²) in [7, 11) is 0. The number of hydrazine groups is 1. The molecule has 3 N–H and O–H groups in total. The van der Waals surface area contributed by atoms with Gasteiger partial charge in [-0.2, -0.15) is 0 Å². The van der Waals surface area contributed by atoms with Crippen LogP contribution in [0.1, 0.15) is 31.2 Å². The number of nitrogens with one attached hydrogen (secondary N) is 1. The minimum Gasteiger partial charge on any atom is -0.312 e. The first kappa shape index (κ1) is 13.3. The Balaban J connectivity index is 2.14. The van der Waals surface area contributed by atoms with Crippen LogP contribution in [0.3, 0.4) is 0 Å². The van der Waals surface area contributed by atoms with E-state index in [1.165, 1.54) is 18.9 Å². The van der Waals surface area contributed by atoms with Crippen molar-refractivity contribution in [3.05, 3.63) is 34.6 Å². The Morgan fingerprint density at radius 2 is 2.17 bits per heavy atom. The highest BCUT2D eigenvalue weighted by molar-refractivity contribution is 6.31. The van der Waals surface area contributed by atoms with E-state index < -0.39 is 0 Å². The van der Waals surface area contributed by atoms with Crippen LogP contribution in [0.5, 0.6) is 0 Å². The molecule has 1 aliphatic carbocycles. The smallest absolute Gasteiger partial charge is 0.128 e. The Morgan fingerprint density at radius 3 is 2.78 bits per heavy atom. The number of nitrogens with zero attached hydrogens (tertiary/aromatic N) is 1. The zero-order valence-electron chi connectivity index (χ0n) is 10.1. The first-order chi connectivity index (χ1) is 8.70. The summed E-state index contributed by atoms with van der Waals surface area (Å²) in [6.07, 6.45) is 4.86. The van der Waals surface area contributed by atoms with E-state index in [2.05, 4.69) is 10.4 Å². The van der Waals surface area contributed by atoms with Gasteiger partial charge in [-0.1, -0.05) is 30.5 Å². The van der Waals surface area contributed by atoms with Gasteiger partial charge < -0.3 is 5.43 Å². The summed E-state index contributed by atoms with van der Waals surface area (Å²) in [6, 6.07) is 4.96. The third-order valence-corrected chi connectivity index (χ3v) is 3.59. The molecule has 0 radical (unpaired) electrons. The molecule has 2 rings (SSSR count). The molecule has 0 spiro atoms. The van der Waals surface area contributed by atoms with Gasteiger partial charge in [0.2, 0.25) is 0 Å². The van der Waals surface area contributed by atoms with Gasteiger partial charge in [-0.15, -0.1) is 0 Å². The number of rotatable bonds is 3. The van der Waals surface area contributed by atoms with Crippen LogP contribution in [0.4, 0.5) is 4.39 Å². The standard InChI is InChI=1S/C13H17ClFN3/c14-11-6-3-7-12(15)10(11)8-13(18-16)17-9-4-1-2-5-9/h3,6-7,9H,1-2,4-5,8,16H2,(H,17,18). The van der Waals surface area contributed by atoms with E-state index in [0.29, 0.717) is 28.9 Å². The molecule has 1 saturated carbocycles. The lowest BCUT2D eigenvalue weighted by atomic mass is 10.1. The fourth-order valence-corrected chi connectivity index (χ4v) is 2.49. The van der Waals surface area contributed by atoms with E-state index in [1.807, 2.05) is 0 Å². The van der Waals surface area contributed by atoms with Gasteiger partial charge in [0, 0.05) is 17.0 Å². The minimum atomic E-state index is -0.322. The molecule has 0 aliphatic heterocycles. The lowest BCUT2D eigenvalue weighted by molar-refractivity contribution is 0.614. The second kappa shape index (κ2) is 6.16. The third-order valence-electron chi connectivity index (χ3n) is 3.24. The molecule has 98 valence electrons. The molecule has 0 saturated heterocycles. The largest absolute Gasteiger partial charge is 0.312 e. The average Bonchev–Trinajstić information content (AvgIpc) is 2.85. The van der Waals surface area contributed by atoms with Gasteiger partial charge in [0.05, 0.1) is 6.04 Å². The number of hydrogen-bond donors (Lipinski definition) is 2. The van der Waals surface area contributed by atoms with E-state index in [1.54, 1.807) is 12.1 Å². The lowest BCUT2D eigenvalue weighted by Gasteiger charge is -2.11. The molecule has 18 heavy (non-hydrogen) atoms. The molecule has 0 atom stereocenters. The normalized spacial score (nSPS) is 17.2. The first-order valence-corrected chi connectivity index (χ1v) is 6.54. The number of hydrogen-bond acceptors (Lipinski definition) is 2.